The van der Waals surface area contributed by atoms with E-state index < -0.39 is 0 Å². The average molecular weight is 200 g/mol. The molecule has 1 fully saturated rings. The zero-order chi connectivity index (χ0) is 10.8. The Hall–Kier alpha value is -1.33. The van der Waals surface area contributed by atoms with Gasteiger partial charge in [-0.05, 0) is 42.9 Å². The van der Waals surface area contributed by atoms with E-state index in [9.17, 15) is 0 Å². The van der Waals surface area contributed by atoms with E-state index in [0.717, 1.165) is 16.7 Å². The highest BCUT2D eigenvalue weighted by Gasteiger charge is 2.26. The van der Waals surface area contributed by atoms with E-state index in [2.05, 4.69) is 13.0 Å². The van der Waals surface area contributed by atoms with Crippen LogP contribution in [0.5, 0.6) is 0 Å². The van der Waals surface area contributed by atoms with Gasteiger partial charge in [0.25, 0.3) is 0 Å². The summed E-state index contributed by atoms with van der Waals surface area (Å²) in [6, 6.07) is 8.08. The first kappa shape index (κ1) is 10.2. The number of hydrogen-bond acceptors (Lipinski definition) is 2. The minimum Gasteiger partial charge on any atom is -0.396 e. The maximum atomic E-state index is 9.04. The monoisotopic (exact) mass is 200 g/mol. The Morgan fingerprint density at radius 3 is 2.80 bits per heavy atom. The Bertz CT molecular complexity index is 401. The van der Waals surface area contributed by atoms with E-state index >= 15 is 0 Å². The Labute approximate surface area is 90.2 Å². The van der Waals surface area contributed by atoms with Crippen molar-refractivity contribution in [3.05, 3.63) is 41.8 Å². The molecule has 0 bridgehead atoms. The maximum absolute atomic E-state index is 9.04. The summed E-state index contributed by atoms with van der Waals surface area (Å²) in [5.41, 5.74) is 2.85. The van der Waals surface area contributed by atoms with Crippen LogP contribution in [0.25, 0.3) is 0 Å². The van der Waals surface area contributed by atoms with Crippen LogP contribution < -0.4 is 0 Å². The molecular formula is C13H14NO. The van der Waals surface area contributed by atoms with Crippen LogP contribution in [0, 0.1) is 18.3 Å². The molecule has 1 aromatic carbocycles. The molecule has 1 unspecified atom stereocenters. The van der Waals surface area contributed by atoms with Crippen LogP contribution in [0.4, 0.5) is 0 Å². The standard InChI is InChI=1S/C13H14NO/c1-9(8-15)11-4-5-13(10-2-3-10)12(6-11)7-14/h4-6,9-10,15H,1-3,8H2. The predicted octanol–water partition coefficient (Wildman–Crippen LogP) is 2.35. The highest BCUT2D eigenvalue weighted by atomic mass is 16.3. The molecule has 1 atom stereocenters. The van der Waals surface area contributed by atoms with Gasteiger partial charge < -0.3 is 5.11 Å². The zero-order valence-corrected chi connectivity index (χ0v) is 8.61. The van der Waals surface area contributed by atoms with E-state index in [-0.39, 0.29) is 12.5 Å². The number of benzene rings is 1. The van der Waals surface area contributed by atoms with Gasteiger partial charge in [-0.15, -0.1) is 0 Å². The smallest absolute Gasteiger partial charge is 0.0994 e. The van der Waals surface area contributed by atoms with Crippen molar-refractivity contribution in [2.75, 3.05) is 6.61 Å². The van der Waals surface area contributed by atoms with Gasteiger partial charge in [0.05, 0.1) is 11.6 Å². The van der Waals surface area contributed by atoms with E-state index in [1.807, 2.05) is 18.2 Å². The lowest BCUT2D eigenvalue weighted by Crippen LogP contribution is -2.00. The van der Waals surface area contributed by atoms with Crippen molar-refractivity contribution >= 4 is 0 Å². The van der Waals surface area contributed by atoms with Crippen LogP contribution in [-0.2, 0) is 0 Å². The van der Waals surface area contributed by atoms with E-state index in [1.54, 1.807) is 0 Å². The molecule has 2 rings (SSSR count). The molecule has 77 valence electrons. The molecule has 0 aliphatic heterocycles. The van der Waals surface area contributed by atoms with Gasteiger partial charge in [0.1, 0.15) is 0 Å². The number of hydrogen-bond donors (Lipinski definition) is 1. The van der Waals surface area contributed by atoms with Crippen LogP contribution >= 0.6 is 0 Å². The number of rotatable bonds is 3. The summed E-state index contributed by atoms with van der Waals surface area (Å²) in [7, 11) is 0. The van der Waals surface area contributed by atoms with Crippen LogP contribution in [0.2, 0.25) is 0 Å². The molecule has 1 aliphatic carbocycles. The third-order valence-electron chi connectivity index (χ3n) is 2.91. The molecule has 1 N–H and O–H groups in total. The first-order valence-corrected chi connectivity index (χ1v) is 5.24. The first-order valence-electron chi connectivity index (χ1n) is 5.24. The molecule has 1 aromatic rings. The van der Waals surface area contributed by atoms with Crippen LogP contribution in [0.15, 0.2) is 18.2 Å². The highest BCUT2D eigenvalue weighted by Crippen LogP contribution is 2.41. The topological polar surface area (TPSA) is 44.0 Å². The first-order chi connectivity index (χ1) is 7.26. The minimum absolute atomic E-state index is 0.0215. The van der Waals surface area contributed by atoms with Gasteiger partial charge in [0.15, 0.2) is 0 Å². The molecule has 0 amide bonds. The second kappa shape index (κ2) is 4.04. The summed E-state index contributed by atoms with van der Waals surface area (Å²) in [5, 5.41) is 18.0. The summed E-state index contributed by atoms with van der Waals surface area (Å²) >= 11 is 0. The molecule has 1 saturated carbocycles. The van der Waals surface area contributed by atoms with Crippen molar-refractivity contribution in [1.29, 1.82) is 5.26 Å². The number of nitrogens with zero attached hydrogens (tertiary/aromatic N) is 1. The Morgan fingerprint density at radius 1 is 1.53 bits per heavy atom. The number of nitriles is 1. The van der Waals surface area contributed by atoms with Gasteiger partial charge in [-0.2, -0.15) is 5.26 Å². The van der Waals surface area contributed by atoms with Gasteiger partial charge >= 0.3 is 0 Å². The van der Waals surface area contributed by atoms with E-state index in [0.29, 0.717) is 5.92 Å². The quantitative estimate of drug-likeness (QED) is 0.813. The van der Waals surface area contributed by atoms with Crippen LogP contribution in [-0.4, -0.2) is 11.7 Å². The minimum atomic E-state index is -0.134. The van der Waals surface area contributed by atoms with Crippen molar-refractivity contribution in [3.8, 4) is 6.07 Å². The van der Waals surface area contributed by atoms with Gasteiger partial charge in [-0.3, -0.25) is 0 Å². The van der Waals surface area contributed by atoms with Crippen molar-refractivity contribution < 1.29 is 5.11 Å². The van der Waals surface area contributed by atoms with Crippen molar-refractivity contribution in [3.63, 3.8) is 0 Å². The lowest BCUT2D eigenvalue weighted by Gasteiger charge is -2.10. The second-order valence-electron chi connectivity index (χ2n) is 4.11. The normalized spacial score (nSPS) is 17.1. The SMILES string of the molecule is [CH2]C(CO)c1ccc(C2CC2)c(C#N)c1. The molecule has 1 aliphatic rings. The molecule has 2 nitrogen and oxygen atoms in total. The summed E-state index contributed by atoms with van der Waals surface area (Å²) in [6.07, 6.45) is 2.39. The third kappa shape index (κ3) is 2.03. The van der Waals surface area contributed by atoms with E-state index in [4.69, 9.17) is 10.4 Å². The predicted molar refractivity (Wildman–Crippen MR) is 58.3 cm³/mol. The number of aliphatic hydroxyl groups is 1. The summed E-state index contributed by atoms with van der Waals surface area (Å²) in [5.74, 6) is 0.455. The molecule has 0 heterocycles. The zero-order valence-electron chi connectivity index (χ0n) is 8.61. The Morgan fingerprint density at radius 2 is 2.27 bits per heavy atom. The van der Waals surface area contributed by atoms with Crippen molar-refractivity contribution in [1.82, 2.24) is 0 Å². The Balaban J connectivity index is 2.34. The summed E-state index contributed by atoms with van der Waals surface area (Å²) in [6.45, 7) is 3.85. The van der Waals surface area contributed by atoms with Gasteiger partial charge in [-0.1, -0.05) is 12.1 Å². The highest BCUT2D eigenvalue weighted by molar-refractivity contribution is 5.45. The van der Waals surface area contributed by atoms with Gasteiger partial charge in [0, 0.05) is 12.5 Å². The molecule has 15 heavy (non-hydrogen) atoms. The molecule has 0 aromatic heterocycles. The fourth-order valence-corrected chi connectivity index (χ4v) is 1.78. The fraction of sp³-hybridized carbons (Fsp3) is 0.385. The third-order valence-corrected chi connectivity index (χ3v) is 2.91. The lowest BCUT2D eigenvalue weighted by molar-refractivity contribution is 0.282. The maximum Gasteiger partial charge on any atom is 0.0994 e. The molecule has 0 saturated heterocycles. The largest absolute Gasteiger partial charge is 0.396 e. The molecule has 0 spiro atoms. The van der Waals surface area contributed by atoms with Crippen molar-refractivity contribution in [2.45, 2.75) is 24.7 Å². The number of aliphatic hydroxyl groups excluding tert-OH is 1. The lowest BCUT2D eigenvalue weighted by atomic mass is 9.95. The molecular weight excluding hydrogens is 186 g/mol. The summed E-state index contributed by atoms with van der Waals surface area (Å²) in [4.78, 5) is 0. The second-order valence-corrected chi connectivity index (χ2v) is 4.11. The van der Waals surface area contributed by atoms with Crippen LogP contribution in [0.1, 0.15) is 41.4 Å². The van der Waals surface area contributed by atoms with Gasteiger partial charge in [0.2, 0.25) is 0 Å². The van der Waals surface area contributed by atoms with E-state index in [1.165, 1.54) is 12.8 Å². The summed E-state index contributed by atoms with van der Waals surface area (Å²) < 4.78 is 0. The van der Waals surface area contributed by atoms with Crippen LogP contribution in [0.3, 0.4) is 0 Å². The van der Waals surface area contributed by atoms with Crippen molar-refractivity contribution in [2.24, 2.45) is 0 Å². The Kier molecular flexibility index (Phi) is 2.75. The van der Waals surface area contributed by atoms with Gasteiger partial charge in [-0.25, -0.2) is 0 Å². The average Bonchev–Trinajstić information content (AvgIpc) is 3.11. The fourth-order valence-electron chi connectivity index (χ4n) is 1.78. The molecule has 2 heteroatoms. The molecule has 1 radical (unpaired) electrons.